The van der Waals surface area contributed by atoms with Gasteiger partial charge in [0.1, 0.15) is 29.5 Å². The van der Waals surface area contributed by atoms with Crippen LogP contribution in [0.1, 0.15) is 89.9 Å². The van der Waals surface area contributed by atoms with Gasteiger partial charge in [-0.3, -0.25) is 33.6 Å². The first-order valence-corrected chi connectivity index (χ1v) is 28.2. The lowest BCUT2D eigenvalue weighted by Gasteiger charge is -2.38. The van der Waals surface area contributed by atoms with Gasteiger partial charge in [0.05, 0.1) is 80.5 Å². The van der Waals surface area contributed by atoms with Crippen molar-refractivity contribution in [2.24, 2.45) is 10.9 Å². The maximum atomic E-state index is 14.7. The van der Waals surface area contributed by atoms with Crippen LogP contribution < -0.4 is 21.3 Å². The summed E-state index contributed by atoms with van der Waals surface area (Å²) in [6, 6.07) is 9.51. The lowest BCUT2D eigenvalue weighted by Crippen LogP contribution is -2.58. The zero-order valence-electron chi connectivity index (χ0n) is 45.0. The number of hydrogen-bond donors (Lipinski definition) is 3. The highest BCUT2D eigenvalue weighted by molar-refractivity contribution is 8.14. The molecule has 22 heteroatoms. The second-order valence-corrected chi connectivity index (χ2v) is 22.0. The van der Waals surface area contributed by atoms with Gasteiger partial charge in [-0.05, 0) is 126 Å². The van der Waals surface area contributed by atoms with E-state index in [1.165, 1.54) is 48.2 Å². The monoisotopic (exact) mass is 1090 g/mol. The van der Waals surface area contributed by atoms with Gasteiger partial charge < -0.3 is 50.3 Å². The van der Waals surface area contributed by atoms with Crippen molar-refractivity contribution in [3.05, 3.63) is 94.9 Å². The first kappa shape index (κ1) is 56.4. The number of aliphatic imine (C=N–C) groups is 1. The summed E-state index contributed by atoms with van der Waals surface area (Å²) in [6.45, 7) is 7.56. The number of pyridine rings is 1. The Morgan fingerprint density at radius 3 is 2.40 bits per heavy atom. The first-order valence-electron chi connectivity index (χ1n) is 27.2. The zero-order chi connectivity index (χ0) is 55.0. The fourth-order valence-corrected chi connectivity index (χ4v) is 12.4. The number of aromatic nitrogens is 3. The molecule has 78 heavy (non-hydrogen) atoms. The second kappa shape index (κ2) is 25.6. The average Bonchev–Trinajstić information content (AvgIpc) is 4.43. The van der Waals surface area contributed by atoms with Crippen LogP contribution in [0.2, 0.25) is 0 Å². The number of hydrogen-bond acceptors (Lipinski definition) is 15. The van der Waals surface area contributed by atoms with Crippen LogP contribution in [0.3, 0.4) is 0 Å². The molecule has 0 saturated carbocycles. The van der Waals surface area contributed by atoms with Gasteiger partial charge in [-0.2, -0.15) is 5.10 Å². The quantitative estimate of drug-likeness (QED) is 0.0802. The van der Waals surface area contributed by atoms with E-state index in [0.29, 0.717) is 99.3 Å². The molecule has 2 aromatic heterocycles. The third kappa shape index (κ3) is 13.0. The van der Waals surface area contributed by atoms with Crippen molar-refractivity contribution in [2.75, 3.05) is 103 Å². The van der Waals surface area contributed by atoms with Crippen LogP contribution in [-0.4, -0.2) is 186 Å². The number of rotatable bonds is 20. The second-order valence-electron chi connectivity index (χ2n) is 20.9. The number of carbonyl (C=O) groups is 5. The molecule has 0 aliphatic carbocycles. The number of anilines is 2. The molecule has 5 aliphatic rings. The van der Waals surface area contributed by atoms with E-state index in [9.17, 15) is 32.8 Å². The number of amides is 4. The zero-order valence-corrected chi connectivity index (χ0v) is 45.8. The van der Waals surface area contributed by atoms with Crippen molar-refractivity contribution in [1.29, 1.82) is 0 Å². The topological polar surface area (TPSA) is 213 Å². The van der Waals surface area contributed by atoms with Crippen LogP contribution in [0.15, 0.2) is 65.9 Å². The molecular weight excluding hydrogens is 1020 g/mol. The van der Waals surface area contributed by atoms with Gasteiger partial charge in [0.25, 0.3) is 5.91 Å². The normalized spacial score (nSPS) is 20.5. The van der Waals surface area contributed by atoms with Gasteiger partial charge in [0.2, 0.25) is 17.7 Å². The van der Waals surface area contributed by atoms with E-state index in [-0.39, 0.29) is 67.0 Å². The van der Waals surface area contributed by atoms with E-state index in [1.807, 2.05) is 17.2 Å². The summed E-state index contributed by atoms with van der Waals surface area (Å²) in [4.78, 5) is 87.0. The Morgan fingerprint density at radius 1 is 0.897 bits per heavy atom. The molecule has 9 rings (SSSR count). The summed E-state index contributed by atoms with van der Waals surface area (Å²) in [6.07, 6.45) is 8.34. The van der Waals surface area contributed by atoms with Crippen molar-refractivity contribution < 1.29 is 42.2 Å². The highest BCUT2D eigenvalue weighted by Gasteiger charge is 2.43. The van der Waals surface area contributed by atoms with Crippen molar-refractivity contribution in [3.63, 3.8) is 0 Å². The Hall–Kier alpha value is -6.33. The maximum Gasteiger partial charge on any atom is 0.254 e. The molecule has 19 nitrogen and oxygen atoms in total. The van der Waals surface area contributed by atoms with Crippen LogP contribution in [0.5, 0.6) is 0 Å². The molecule has 4 aromatic rings. The highest BCUT2D eigenvalue weighted by atomic mass is 32.2. The lowest BCUT2D eigenvalue weighted by atomic mass is 9.88. The van der Waals surface area contributed by atoms with Crippen LogP contribution in [0.25, 0.3) is 11.1 Å². The minimum Gasteiger partial charge on any atom is -0.382 e. The van der Waals surface area contributed by atoms with Crippen LogP contribution in [-0.2, 0) is 36.9 Å². The fourth-order valence-electron chi connectivity index (χ4n) is 11.2. The smallest absolute Gasteiger partial charge is 0.254 e. The standard InChI is InChI=1S/C56H72F2N12O7S/c1-35(60-2)53(73)63-50(56(75)70-19-6-8-47(70)54-62-45(34-78-54)51(72)37-9-11-39(57)12-10-37)36-15-20-67(21-16-36)24-26-77-28-27-76-25-17-49(71)65(3)22-23-68-32-43-38-29-48(52(59)61-31-38)69-18-5-7-46(69)42-30-40(58)13-14-41(42)55(74)66(4)33-44(43)64-68/h9-14,29-32,35-36,45-47,50,60H,5-8,15-28,33-34H2,1-4H3,(H2,59,61)(H,63,73)/t35-,45?,46-,47-,50-/m1/s1. The number of nitrogen functional groups attached to an aromatic ring is 1. The van der Waals surface area contributed by atoms with E-state index in [2.05, 4.69) is 25.4 Å². The Balaban J connectivity index is 0.704. The predicted molar refractivity (Wildman–Crippen MR) is 294 cm³/mol. The van der Waals surface area contributed by atoms with E-state index in [1.54, 1.807) is 54.8 Å². The number of nitrogens with zero attached hydrogens (tertiary/aromatic N) is 9. The van der Waals surface area contributed by atoms with E-state index >= 15 is 0 Å². The molecule has 5 aliphatic heterocycles. The number of carbonyl (C=O) groups excluding carboxylic acids is 5. The number of halogens is 2. The SMILES string of the molecule is CN[C@H](C)C(=O)N[C@@H](C(=O)N1CCC[C@@H]1C1=NC(C(=O)c2ccc(F)cc2)CS1)C1CCN(CCOCCOCCC(=O)N(C)CCn2cc3c(n2)CN(C)C(=O)c2ccc(F)cc2[C@H]2CCCN2c2cc-3cnc2N)CC1. The van der Waals surface area contributed by atoms with Crippen LogP contribution in [0, 0.1) is 17.6 Å². The summed E-state index contributed by atoms with van der Waals surface area (Å²) >= 11 is 1.49. The van der Waals surface area contributed by atoms with Crippen molar-refractivity contribution in [1.82, 2.24) is 45.0 Å². The van der Waals surface area contributed by atoms with Crippen LogP contribution >= 0.6 is 11.8 Å². The molecule has 2 bridgehead atoms. The number of likely N-dealkylation sites (tertiary alicyclic amines) is 2. The molecule has 3 fully saturated rings. The van der Waals surface area contributed by atoms with Gasteiger partial charge >= 0.3 is 0 Å². The van der Waals surface area contributed by atoms with Crippen LogP contribution in [0.4, 0.5) is 20.3 Å². The molecule has 1 unspecified atom stereocenters. The van der Waals surface area contributed by atoms with Gasteiger partial charge in [0, 0.05) is 80.7 Å². The number of thioether (sulfide) groups is 1. The highest BCUT2D eigenvalue weighted by Crippen LogP contribution is 2.42. The molecule has 3 saturated heterocycles. The summed E-state index contributed by atoms with van der Waals surface area (Å²) in [5, 5.41) is 11.7. The molecule has 0 spiro atoms. The number of ketones is 1. The van der Waals surface area contributed by atoms with Crippen molar-refractivity contribution >= 4 is 57.7 Å². The number of nitrogens with two attached hydrogens (primary N) is 1. The minimum atomic E-state index is -0.709. The molecule has 5 atom stereocenters. The third-order valence-electron chi connectivity index (χ3n) is 15.8. The first-order chi connectivity index (χ1) is 37.7. The number of benzene rings is 2. The Morgan fingerprint density at radius 2 is 1.63 bits per heavy atom. The number of piperidine rings is 1. The fraction of sp³-hybridized carbons (Fsp3) is 0.536. The molecule has 2 aromatic carbocycles. The number of likely N-dealkylation sites (N-methyl/N-ethyl adjacent to an activating group) is 2. The molecular formula is C56H72F2N12O7S. The van der Waals surface area contributed by atoms with Crippen molar-refractivity contribution in [3.8, 4) is 11.1 Å². The molecule has 4 amide bonds. The van der Waals surface area contributed by atoms with Gasteiger partial charge in [0.15, 0.2) is 5.78 Å². The predicted octanol–water partition coefficient (Wildman–Crippen LogP) is 4.81. The largest absolute Gasteiger partial charge is 0.382 e. The van der Waals surface area contributed by atoms with E-state index in [4.69, 9.17) is 25.3 Å². The Labute approximate surface area is 458 Å². The molecule has 7 heterocycles. The minimum absolute atomic E-state index is 0.0742. The lowest BCUT2D eigenvalue weighted by molar-refractivity contribution is -0.138. The molecule has 418 valence electrons. The third-order valence-corrected chi connectivity index (χ3v) is 17.0. The van der Waals surface area contributed by atoms with Gasteiger partial charge in [-0.15, -0.1) is 11.8 Å². The Bertz CT molecular complexity index is 2850. The summed E-state index contributed by atoms with van der Waals surface area (Å²) in [5.74, 6) is -0.925. The maximum absolute atomic E-state index is 14.7. The number of nitrogens with one attached hydrogen (secondary N) is 2. The van der Waals surface area contributed by atoms with Gasteiger partial charge in [-0.1, -0.05) is 0 Å². The Kier molecular flexibility index (Phi) is 18.5. The van der Waals surface area contributed by atoms with E-state index in [0.717, 1.165) is 60.6 Å². The van der Waals surface area contributed by atoms with Gasteiger partial charge in [-0.25, -0.2) is 13.8 Å². The summed E-state index contributed by atoms with van der Waals surface area (Å²) in [5.41, 5.74) is 10.9. The summed E-state index contributed by atoms with van der Waals surface area (Å²) < 4.78 is 41.7. The average molecular weight is 1100 g/mol. The number of ether oxygens (including phenoxy) is 2. The molecule has 0 radical (unpaired) electrons. The van der Waals surface area contributed by atoms with E-state index < -0.39 is 29.8 Å². The number of Topliss-reactive ketones (excluding diaryl/α,β-unsaturated/α-hetero) is 1. The summed E-state index contributed by atoms with van der Waals surface area (Å²) in [7, 11) is 5.17. The van der Waals surface area contributed by atoms with Crippen molar-refractivity contribution in [2.45, 2.75) is 95.2 Å². The number of fused-ring (bicyclic) bond motifs is 8. The molecule has 4 N–H and O–H groups in total.